The summed E-state index contributed by atoms with van der Waals surface area (Å²) in [6.07, 6.45) is 0.0281. The maximum Gasteiger partial charge on any atom is 0.294 e. The van der Waals surface area contributed by atoms with Gasteiger partial charge < -0.3 is 0 Å². The van der Waals surface area contributed by atoms with Crippen LogP contribution in [0, 0.1) is 10.1 Å². The van der Waals surface area contributed by atoms with Gasteiger partial charge in [0, 0.05) is 18.5 Å². The van der Waals surface area contributed by atoms with E-state index in [-0.39, 0.29) is 22.8 Å². The number of hydrogen-bond acceptors (Lipinski definition) is 4. The molecule has 0 aliphatic rings. The second-order valence-corrected chi connectivity index (χ2v) is 4.82. The summed E-state index contributed by atoms with van der Waals surface area (Å²) in [4.78, 5) is 35.3. The highest BCUT2D eigenvalue weighted by Gasteiger charge is 2.31. The van der Waals surface area contributed by atoms with Crippen LogP contribution in [0.5, 0.6) is 0 Å². The Labute approximate surface area is 121 Å². The summed E-state index contributed by atoms with van der Waals surface area (Å²) in [5.41, 5.74) is -0.343. The number of hydrogen-bond donors (Lipinski definition) is 0. The van der Waals surface area contributed by atoms with Gasteiger partial charge in [-0.3, -0.25) is 24.6 Å². The summed E-state index contributed by atoms with van der Waals surface area (Å²) in [6, 6.07) is 3.69. The Morgan fingerprint density at radius 1 is 1.40 bits per heavy atom. The van der Waals surface area contributed by atoms with E-state index in [1.54, 1.807) is 20.8 Å². The summed E-state index contributed by atoms with van der Waals surface area (Å²) >= 11 is 5.99. The molecule has 6 nitrogen and oxygen atoms in total. The molecular formula is C13H15ClN2O4. The molecule has 0 bridgehead atoms. The van der Waals surface area contributed by atoms with Crippen molar-refractivity contribution in [3.63, 3.8) is 0 Å². The van der Waals surface area contributed by atoms with Crippen molar-refractivity contribution < 1.29 is 14.5 Å². The van der Waals surface area contributed by atoms with Crippen LogP contribution in [0.4, 0.5) is 11.4 Å². The first kappa shape index (κ1) is 16.1. The number of carbonyl (C=O) groups is 2. The smallest absolute Gasteiger partial charge is 0.294 e. The monoisotopic (exact) mass is 298 g/mol. The van der Waals surface area contributed by atoms with E-state index >= 15 is 0 Å². The van der Waals surface area contributed by atoms with Crippen molar-refractivity contribution in [1.82, 2.24) is 0 Å². The van der Waals surface area contributed by atoms with Crippen LogP contribution in [0.3, 0.4) is 0 Å². The van der Waals surface area contributed by atoms with E-state index in [0.29, 0.717) is 0 Å². The van der Waals surface area contributed by atoms with Crippen molar-refractivity contribution in [3.05, 3.63) is 33.3 Å². The van der Waals surface area contributed by atoms with E-state index in [1.807, 2.05) is 0 Å². The summed E-state index contributed by atoms with van der Waals surface area (Å²) < 4.78 is 0. The van der Waals surface area contributed by atoms with E-state index in [4.69, 9.17) is 11.6 Å². The number of rotatable bonds is 5. The van der Waals surface area contributed by atoms with E-state index < -0.39 is 22.7 Å². The van der Waals surface area contributed by atoms with Crippen molar-refractivity contribution in [2.24, 2.45) is 0 Å². The first-order chi connectivity index (χ1) is 9.31. The molecule has 0 atom stereocenters. The lowest BCUT2D eigenvalue weighted by Crippen LogP contribution is -2.41. The van der Waals surface area contributed by atoms with Crippen LogP contribution in [0.15, 0.2) is 18.2 Å². The number of nitrogens with zero attached hydrogens (tertiary/aromatic N) is 2. The van der Waals surface area contributed by atoms with Crippen LogP contribution in [0.2, 0.25) is 5.02 Å². The van der Waals surface area contributed by atoms with Crippen LogP contribution >= 0.6 is 11.6 Å². The average Bonchev–Trinajstić information content (AvgIpc) is 2.39. The predicted molar refractivity (Wildman–Crippen MR) is 76.0 cm³/mol. The lowest BCUT2D eigenvalue weighted by atomic mass is 10.1. The molecule has 1 amide bonds. The number of nitro groups is 1. The van der Waals surface area contributed by atoms with Gasteiger partial charge in [0.2, 0.25) is 5.78 Å². The van der Waals surface area contributed by atoms with E-state index in [9.17, 15) is 19.7 Å². The molecule has 1 rings (SSSR count). The molecule has 0 N–H and O–H groups in total. The largest absolute Gasteiger partial charge is 0.296 e. The fourth-order valence-electron chi connectivity index (χ4n) is 1.77. The molecule has 1 aromatic rings. The number of para-hydroxylation sites is 1. The van der Waals surface area contributed by atoms with Gasteiger partial charge >= 0.3 is 0 Å². The summed E-state index contributed by atoms with van der Waals surface area (Å²) in [7, 11) is 0. The van der Waals surface area contributed by atoms with Crippen LogP contribution in [0.25, 0.3) is 0 Å². The third-order valence-electron chi connectivity index (χ3n) is 2.70. The lowest BCUT2D eigenvalue weighted by Gasteiger charge is -2.26. The molecule has 0 heterocycles. The highest BCUT2D eigenvalue weighted by Crippen LogP contribution is 2.36. The van der Waals surface area contributed by atoms with Crippen LogP contribution < -0.4 is 4.90 Å². The van der Waals surface area contributed by atoms with Crippen LogP contribution in [0.1, 0.15) is 27.2 Å². The van der Waals surface area contributed by atoms with E-state index in [0.717, 1.165) is 4.90 Å². The SMILES string of the molecule is CCC(=O)C(=O)N(c1c(Cl)cccc1[N+](=O)[O-])C(C)C. The first-order valence-electron chi connectivity index (χ1n) is 6.10. The Bertz CT molecular complexity index is 557. The zero-order chi connectivity index (χ0) is 15.4. The fourth-order valence-corrected chi connectivity index (χ4v) is 2.03. The highest BCUT2D eigenvalue weighted by atomic mass is 35.5. The number of amides is 1. The maximum absolute atomic E-state index is 12.1. The number of nitro benzene ring substituents is 1. The van der Waals surface area contributed by atoms with Crippen LogP contribution in [-0.2, 0) is 9.59 Å². The molecule has 0 fully saturated rings. The molecule has 0 saturated carbocycles. The summed E-state index contributed by atoms with van der Waals surface area (Å²) in [6.45, 7) is 4.88. The number of Topliss-reactive ketones (excluding diaryl/α,β-unsaturated/α-hetero) is 1. The summed E-state index contributed by atoms with van der Waals surface area (Å²) in [5.74, 6) is -1.41. The summed E-state index contributed by atoms with van der Waals surface area (Å²) in [5, 5.41) is 11.1. The molecule has 0 saturated heterocycles. The molecule has 0 aliphatic carbocycles. The average molecular weight is 299 g/mol. The van der Waals surface area contributed by atoms with Gasteiger partial charge in [-0.25, -0.2) is 0 Å². The Kier molecular flexibility index (Phi) is 5.21. The molecule has 0 spiro atoms. The topological polar surface area (TPSA) is 80.5 Å². The fraction of sp³-hybridized carbons (Fsp3) is 0.385. The normalized spacial score (nSPS) is 10.4. The molecule has 0 unspecified atom stereocenters. The standard InChI is InChI=1S/C13H15ClN2O4/c1-4-11(17)13(18)15(8(2)3)12-9(14)6-5-7-10(12)16(19)20/h5-8H,4H2,1-3H3. The molecule has 7 heteroatoms. The third-order valence-corrected chi connectivity index (χ3v) is 3.00. The van der Waals surface area contributed by atoms with Gasteiger partial charge in [0.05, 0.1) is 9.95 Å². The van der Waals surface area contributed by atoms with E-state index in [1.165, 1.54) is 18.2 Å². The number of anilines is 1. The molecule has 0 aliphatic heterocycles. The quantitative estimate of drug-likeness (QED) is 0.475. The third kappa shape index (κ3) is 3.14. The van der Waals surface area contributed by atoms with Gasteiger partial charge in [-0.05, 0) is 19.9 Å². The zero-order valence-corrected chi connectivity index (χ0v) is 12.2. The number of benzene rings is 1. The van der Waals surface area contributed by atoms with Crippen molar-refractivity contribution in [2.75, 3.05) is 4.90 Å². The molecule has 20 heavy (non-hydrogen) atoms. The first-order valence-corrected chi connectivity index (χ1v) is 6.48. The minimum atomic E-state index is -0.793. The molecule has 108 valence electrons. The van der Waals surface area contributed by atoms with Gasteiger partial charge in [-0.2, -0.15) is 0 Å². The lowest BCUT2D eigenvalue weighted by molar-refractivity contribution is -0.384. The predicted octanol–water partition coefficient (Wildman–Crippen LogP) is 2.97. The number of carbonyl (C=O) groups excluding carboxylic acids is 2. The van der Waals surface area contributed by atoms with Crippen molar-refractivity contribution in [2.45, 2.75) is 33.2 Å². The van der Waals surface area contributed by atoms with Gasteiger partial charge in [0.25, 0.3) is 11.6 Å². The maximum atomic E-state index is 12.1. The van der Waals surface area contributed by atoms with Crippen molar-refractivity contribution >= 4 is 34.7 Å². The van der Waals surface area contributed by atoms with Gasteiger partial charge in [-0.1, -0.05) is 24.6 Å². The van der Waals surface area contributed by atoms with Crippen molar-refractivity contribution in [3.8, 4) is 0 Å². The minimum Gasteiger partial charge on any atom is -0.296 e. The Balaban J connectivity index is 3.47. The number of ketones is 1. The molecule has 0 aromatic heterocycles. The van der Waals surface area contributed by atoms with Crippen molar-refractivity contribution in [1.29, 1.82) is 0 Å². The minimum absolute atomic E-state index is 0.0281. The van der Waals surface area contributed by atoms with E-state index in [2.05, 4.69) is 0 Å². The zero-order valence-electron chi connectivity index (χ0n) is 11.4. The van der Waals surface area contributed by atoms with Gasteiger partial charge in [-0.15, -0.1) is 0 Å². The highest BCUT2D eigenvalue weighted by molar-refractivity contribution is 6.43. The Morgan fingerprint density at radius 3 is 2.45 bits per heavy atom. The number of halogens is 1. The molecule has 0 radical (unpaired) electrons. The van der Waals surface area contributed by atoms with Gasteiger partial charge in [0.15, 0.2) is 0 Å². The Hall–Kier alpha value is -1.95. The molecule has 1 aromatic carbocycles. The second kappa shape index (κ2) is 6.47. The van der Waals surface area contributed by atoms with Gasteiger partial charge in [0.1, 0.15) is 5.69 Å². The second-order valence-electron chi connectivity index (χ2n) is 4.41. The Morgan fingerprint density at radius 2 is 2.00 bits per heavy atom. The molecular weight excluding hydrogens is 284 g/mol. The van der Waals surface area contributed by atoms with Crippen LogP contribution in [-0.4, -0.2) is 22.7 Å².